The molecule has 4 amide bonds. The van der Waals surface area contributed by atoms with Gasteiger partial charge in [-0.2, -0.15) is 0 Å². The lowest BCUT2D eigenvalue weighted by atomic mass is 10.1. The van der Waals surface area contributed by atoms with Crippen LogP contribution in [0.25, 0.3) is 0 Å². The van der Waals surface area contributed by atoms with E-state index in [-0.39, 0.29) is 29.7 Å². The van der Waals surface area contributed by atoms with Crippen LogP contribution in [0.15, 0.2) is 18.2 Å². The Kier molecular flexibility index (Phi) is 8.80. The first-order valence-corrected chi connectivity index (χ1v) is 10.3. The van der Waals surface area contributed by atoms with E-state index < -0.39 is 0 Å². The predicted octanol–water partition coefficient (Wildman–Crippen LogP) is 4.39. The number of benzene rings is 1. The first-order chi connectivity index (χ1) is 13.3. The molecule has 0 saturated carbocycles. The predicted molar refractivity (Wildman–Crippen MR) is 122 cm³/mol. The highest BCUT2D eigenvalue weighted by molar-refractivity contribution is 5.90. The van der Waals surface area contributed by atoms with Crippen LogP contribution in [0.4, 0.5) is 21.0 Å². The van der Waals surface area contributed by atoms with Gasteiger partial charge in [0.05, 0.1) is 0 Å². The number of anilines is 2. The molecule has 1 rings (SSSR count). The van der Waals surface area contributed by atoms with E-state index in [0.29, 0.717) is 12.2 Å². The lowest BCUT2D eigenvalue weighted by molar-refractivity contribution is 0.171. The fraction of sp³-hybridized carbons (Fsp3) is 0.636. The summed E-state index contributed by atoms with van der Waals surface area (Å²) in [7, 11) is 3.94. The molecule has 7 nitrogen and oxygen atoms in total. The Hall–Kier alpha value is -2.44. The lowest BCUT2D eigenvalue weighted by Crippen LogP contribution is -2.46. The van der Waals surface area contributed by atoms with Gasteiger partial charge in [0.25, 0.3) is 0 Å². The van der Waals surface area contributed by atoms with Crippen molar-refractivity contribution < 1.29 is 9.59 Å². The zero-order valence-corrected chi connectivity index (χ0v) is 19.5. The fourth-order valence-corrected chi connectivity index (χ4v) is 2.89. The van der Waals surface area contributed by atoms with Crippen molar-refractivity contribution in [2.24, 2.45) is 0 Å². The number of amides is 4. The smallest absolute Gasteiger partial charge is 0.319 e. The molecule has 29 heavy (non-hydrogen) atoms. The summed E-state index contributed by atoms with van der Waals surface area (Å²) in [6, 6.07) is 5.61. The van der Waals surface area contributed by atoms with Gasteiger partial charge in [0.1, 0.15) is 0 Å². The van der Waals surface area contributed by atoms with Gasteiger partial charge >= 0.3 is 12.1 Å². The van der Waals surface area contributed by atoms with Crippen molar-refractivity contribution in [1.29, 1.82) is 0 Å². The van der Waals surface area contributed by atoms with E-state index in [0.717, 1.165) is 17.7 Å². The number of carbonyl (C=O) groups excluding carboxylic acids is 2. The molecule has 0 radical (unpaired) electrons. The van der Waals surface area contributed by atoms with Crippen molar-refractivity contribution in [3.05, 3.63) is 23.8 Å². The maximum atomic E-state index is 12.8. The molecule has 0 heterocycles. The summed E-state index contributed by atoms with van der Waals surface area (Å²) in [5, 5.41) is 8.79. The minimum Gasteiger partial charge on any atom is -0.377 e. The Morgan fingerprint density at radius 3 is 2.21 bits per heavy atom. The van der Waals surface area contributed by atoms with Gasteiger partial charge in [-0.15, -0.1) is 0 Å². The van der Waals surface area contributed by atoms with Crippen molar-refractivity contribution in [3.63, 3.8) is 0 Å². The molecule has 0 aliphatic rings. The topological polar surface area (TPSA) is 76.7 Å². The Labute approximate surface area is 176 Å². The Bertz CT molecular complexity index is 695. The number of hydrogen-bond donors (Lipinski definition) is 3. The molecule has 1 aromatic carbocycles. The van der Waals surface area contributed by atoms with E-state index in [9.17, 15) is 9.59 Å². The molecule has 164 valence electrons. The number of urea groups is 2. The van der Waals surface area contributed by atoms with Crippen LogP contribution >= 0.6 is 0 Å². The molecule has 0 saturated heterocycles. The molecule has 1 atom stereocenters. The number of carbonyl (C=O) groups is 2. The van der Waals surface area contributed by atoms with Gasteiger partial charge in [-0.05, 0) is 71.7 Å². The van der Waals surface area contributed by atoms with E-state index in [1.807, 2.05) is 83.6 Å². The maximum Gasteiger partial charge on any atom is 0.319 e. The minimum atomic E-state index is -0.321. The molecule has 0 bridgehead atoms. The molecule has 0 unspecified atom stereocenters. The summed E-state index contributed by atoms with van der Waals surface area (Å²) >= 11 is 0. The van der Waals surface area contributed by atoms with Crippen LogP contribution < -0.4 is 20.9 Å². The monoisotopic (exact) mass is 405 g/mol. The third-order valence-electron chi connectivity index (χ3n) is 4.44. The van der Waals surface area contributed by atoms with Crippen molar-refractivity contribution in [3.8, 4) is 0 Å². The molecule has 1 aromatic rings. The zero-order valence-electron chi connectivity index (χ0n) is 19.5. The van der Waals surface area contributed by atoms with Crippen LogP contribution in [0.1, 0.15) is 60.5 Å². The quantitative estimate of drug-likeness (QED) is 0.630. The second-order valence-electron chi connectivity index (χ2n) is 9.06. The van der Waals surface area contributed by atoms with Crippen LogP contribution in [0.3, 0.4) is 0 Å². The van der Waals surface area contributed by atoms with Gasteiger partial charge in [0, 0.05) is 49.6 Å². The standard InChI is InChI=1S/C22H39N5O2/c1-10-16(4)27(21(29)23-15(2)3)14-17-13-18(11-12-19(17)26(8)9)24-20(28)25-22(5,6)7/h11-13,15-16H,10,14H2,1-9H3,(H,23,29)(H2,24,25,28)/t16-/m1/s1. The van der Waals surface area contributed by atoms with Gasteiger partial charge in [0.2, 0.25) is 0 Å². The molecule has 0 aliphatic heterocycles. The number of nitrogens with zero attached hydrogens (tertiary/aromatic N) is 2. The van der Waals surface area contributed by atoms with Gasteiger partial charge < -0.3 is 25.8 Å². The third kappa shape index (κ3) is 8.21. The van der Waals surface area contributed by atoms with E-state index in [1.165, 1.54) is 0 Å². The molecule has 0 spiro atoms. The normalized spacial score (nSPS) is 12.3. The molecule has 0 aliphatic carbocycles. The van der Waals surface area contributed by atoms with E-state index in [4.69, 9.17) is 0 Å². The molecule has 0 aromatic heterocycles. The second kappa shape index (κ2) is 10.4. The minimum absolute atomic E-state index is 0.0662. The van der Waals surface area contributed by atoms with Gasteiger partial charge in [0.15, 0.2) is 0 Å². The summed E-state index contributed by atoms with van der Waals surface area (Å²) in [6.45, 7) is 14.3. The Morgan fingerprint density at radius 2 is 1.72 bits per heavy atom. The van der Waals surface area contributed by atoms with E-state index in [2.05, 4.69) is 22.9 Å². The average Bonchev–Trinajstić information content (AvgIpc) is 2.56. The molecular weight excluding hydrogens is 366 g/mol. The summed E-state index contributed by atoms with van der Waals surface area (Å²) < 4.78 is 0. The summed E-state index contributed by atoms with van der Waals surface area (Å²) in [5.41, 5.74) is 2.36. The van der Waals surface area contributed by atoms with Crippen LogP contribution in [-0.4, -0.2) is 48.7 Å². The molecule has 7 heteroatoms. The summed E-state index contributed by atoms with van der Waals surface area (Å²) in [5.74, 6) is 0. The highest BCUT2D eigenvalue weighted by Crippen LogP contribution is 2.26. The molecule has 3 N–H and O–H groups in total. The van der Waals surface area contributed by atoms with Crippen LogP contribution in [0.2, 0.25) is 0 Å². The Balaban J connectivity index is 3.17. The van der Waals surface area contributed by atoms with Crippen molar-refractivity contribution >= 4 is 23.4 Å². The SMILES string of the molecule is CC[C@@H](C)N(Cc1cc(NC(=O)NC(C)(C)C)ccc1N(C)C)C(=O)NC(C)C. The van der Waals surface area contributed by atoms with Gasteiger partial charge in [-0.1, -0.05) is 6.92 Å². The van der Waals surface area contributed by atoms with Crippen molar-refractivity contribution in [2.45, 2.75) is 79.1 Å². The highest BCUT2D eigenvalue weighted by Gasteiger charge is 2.22. The van der Waals surface area contributed by atoms with E-state index in [1.54, 1.807) is 0 Å². The third-order valence-corrected chi connectivity index (χ3v) is 4.44. The van der Waals surface area contributed by atoms with Crippen molar-refractivity contribution in [1.82, 2.24) is 15.5 Å². The van der Waals surface area contributed by atoms with E-state index >= 15 is 0 Å². The van der Waals surface area contributed by atoms with Crippen molar-refractivity contribution in [2.75, 3.05) is 24.3 Å². The summed E-state index contributed by atoms with van der Waals surface area (Å²) in [4.78, 5) is 28.9. The largest absolute Gasteiger partial charge is 0.377 e. The van der Waals surface area contributed by atoms with Crippen LogP contribution in [-0.2, 0) is 6.54 Å². The average molecular weight is 406 g/mol. The number of rotatable bonds is 7. The van der Waals surface area contributed by atoms with Crippen LogP contribution in [0, 0.1) is 0 Å². The first-order valence-electron chi connectivity index (χ1n) is 10.3. The number of nitrogens with one attached hydrogen (secondary N) is 3. The fourth-order valence-electron chi connectivity index (χ4n) is 2.89. The van der Waals surface area contributed by atoms with Crippen LogP contribution in [0.5, 0.6) is 0 Å². The van der Waals surface area contributed by atoms with Gasteiger partial charge in [-0.3, -0.25) is 0 Å². The number of hydrogen-bond acceptors (Lipinski definition) is 3. The zero-order chi connectivity index (χ0) is 22.4. The summed E-state index contributed by atoms with van der Waals surface area (Å²) in [6.07, 6.45) is 0.856. The highest BCUT2D eigenvalue weighted by atomic mass is 16.2. The maximum absolute atomic E-state index is 12.8. The molecule has 0 fully saturated rings. The first kappa shape index (κ1) is 24.6. The molecular formula is C22H39N5O2. The second-order valence-corrected chi connectivity index (χ2v) is 9.06. The Morgan fingerprint density at radius 1 is 1.10 bits per heavy atom. The lowest BCUT2D eigenvalue weighted by Gasteiger charge is -2.31. The van der Waals surface area contributed by atoms with Gasteiger partial charge in [-0.25, -0.2) is 9.59 Å².